The smallest absolute Gasteiger partial charge is 0.324 e. The zero-order valence-corrected chi connectivity index (χ0v) is 14.4. The van der Waals surface area contributed by atoms with E-state index in [0.717, 1.165) is 29.8 Å². The molecule has 1 spiro atoms. The van der Waals surface area contributed by atoms with Gasteiger partial charge in [0.05, 0.1) is 0 Å². The molecule has 1 aromatic rings. The fraction of sp³-hybridized carbons (Fsp3) is 0.500. The van der Waals surface area contributed by atoms with E-state index in [0.29, 0.717) is 25.1 Å². The number of amides is 4. The van der Waals surface area contributed by atoms with Crippen LogP contribution in [0.2, 0.25) is 0 Å². The van der Waals surface area contributed by atoms with Crippen LogP contribution < -0.4 is 16.0 Å². The van der Waals surface area contributed by atoms with Crippen LogP contribution in [0.5, 0.6) is 0 Å². The third-order valence-electron chi connectivity index (χ3n) is 4.86. The molecule has 3 N–H and O–H groups in total. The summed E-state index contributed by atoms with van der Waals surface area (Å²) in [6.07, 6.45) is 3.15. The van der Waals surface area contributed by atoms with Crippen LogP contribution in [-0.2, 0) is 16.1 Å². The van der Waals surface area contributed by atoms with Crippen LogP contribution in [0.4, 0.5) is 10.5 Å². The summed E-state index contributed by atoms with van der Waals surface area (Å²) in [7, 11) is 0. The lowest BCUT2D eigenvalue weighted by Gasteiger charge is -2.20. The fourth-order valence-electron chi connectivity index (χ4n) is 3.53. The molecule has 134 valence electrons. The zero-order valence-electron chi connectivity index (χ0n) is 14.4. The fourth-order valence-corrected chi connectivity index (χ4v) is 3.53. The van der Waals surface area contributed by atoms with E-state index in [9.17, 15) is 14.4 Å². The highest BCUT2D eigenvalue weighted by Crippen LogP contribution is 2.34. The number of carbonyl (C=O) groups is 3. The Bertz CT molecular complexity index is 683. The lowest BCUT2D eigenvalue weighted by atomic mass is 9.98. The molecule has 7 heteroatoms. The molecule has 2 fully saturated rings. The maximum Gasteiger partial charge on any atom is 0.325 e. The van der Waals surface area contributed by atoms with Crippen LogP contribution in [0.3, 0.4) is 0 Å². The van der Waals surface area contributed by atoms with Crippen molar-refractivity contribution >= 4 is 23.5 Å². The third kappa shape index (κ3) is 3.51. The minimum atomic E-state index is -0.777. The molecule has 0 radical (unpaired) electrons. The van der Waals surface area contributed by atoms with Gasteiger partial charge in [-0.05, 0) is 31.0 Å². The van der Waals surface area contributed by atoms with Crippen molar-refractivity contribution < 1.29 is 14.4 Å². The normalized spacial score (nSPS) is 18.7. The van der Waals surface area contributed by atoms with Gasteiger partial charge in [0, 0.05) is 12.2 Å². The second-order valence-corrected chi connectivity index (χ2v) is 6.60. The average molecular weight is 344 g/mol. The molecule has 1 heterocycles. The molecule has 0 unspecified atom stereocenters. The molecule has 2 aliphatic rings. The number of benzene rings is 1. The van der Waals surface area contributed by atoms with Crippen molar-refractivity contribution in [2.75, 3.05) is 18.4 Å². The van der Waals surface area contributed by atoms with Gasteiger partial charge in [-0.15, -0.1) is 0 Å². The summed E-state index contributed by atoms with van der Waals surface area (Å²) in [5.41, 5.74) is 0.874. The maximum absolute atomic E-state index is 12.6. The molecule has 1 aliphatic heterocycles. The van der Waals surface area contributed by atoms with E-state index >= 15 is 0 Å². The summed E-state index contributed by atoms with van der Waals surface area (Å²) in [5, 5.41) is 8.82. The summed E-state index contributed by atoms with van der Waals surface area (Å²) in [6, 6.07) is 7.02. The van der Waals surface area contributed by atoms with Gasteiger partial charge in [-0.25, -0.2) is 4.79 Å². The first-order valence-electron chi connectivity index (χ1n) is 8.78. The second-order valence-electron chi connectivity index (χ2n) is 6.60. The number of hydrogen-bond donors (Lipinski definition) is 3. The van der Waals surface area contributed by atoms with E-state index < -0.39 is 11.6 Å². The summed E-state index contributed by atoms with van der Waals surface area (Å²) in [4.78, 5) is 38.2. The van der Waals surface area contributed by atoms with Crippen LogP contribution in [0.25, 0.3) is 0 Å². The van der Waals surface area contributed by atoms with Crippen molar-refractivity contribution in [2.45, 2.75) is 44.7 Å². The Kier molecular flexibility index (Phi) is 5.03. The van der Waals surface area contributed by atoms with E-state index in [1.807, 2.05) is 31.2 Å². The Balaban J connectivity index is 1.65. The molecular formula is C18H24N4O3. The van der Waals surface area contributed by atoms with E-state index in [1.165, 1.54) is 0 Å². The summed E-state index contributed by atoms with van der Waals surface area (Å²) < 4.78 is 0. The lowest BCUT2D eigenvalue weighted by Crippen LogP contribution is -2.44. The van der Waals surface area contributed by atoms with E-state index in [4.69, 9.17) is 0 Å². The Morgan fingerprint density at radius 2 is 1.96 bits per heavy atom. The number of urea groups is 1. The number of imide groups is 1. The van der Waals surface area contributed by atoms with Gasteiger partial charge in [0.1, 0.15) is 12.1 Å². The highest BCUT2D eigenvalue weighted by molar-refractivity contribution is 6.10. The van der Waals surface area contributed by atoms with Gasteiger partial charge < -0.3 is 16.0 Å². The number of nitrogens with zero attached hydrogens (tertiary/aromatic N) is 1. The van der Waals surface area contributed by atoms with Gasteiger partial charge in [-0.1, -0.05) is 38.0 Å². The molecular weight excluding hydrogens is 320 g/mol. The summed E-state index contributed by atoms with van der Waals surface area (Å²) in [6.45, 7) is 3.21. The van der Waals surface area contributed by atoms with Crippen molar-refractivity contribution in [1.82, 2.24) is 15.5 Å². The van der Waals surface area contributed by atoms with Crippen molar-refractivity contribution in [1.29, 1.82) is 0 Å². The van der Waals surface area contributed by atoms with Crippen molar-refractivity contribution in [3.8, 4) is 0 Å². The van der Waals surface area contributed by atoms with Gasteiger partial charge in [0.25, 0.3) is 5.91 Å². The van der Waals surface area contributed by atoms with Crippen LogP contribution >= 0.6 is 0 Å². The minimum absolute atomic E-state index is 0.262. The van der Waals surface area contributed by atoms with Crippen molar-refractivity contribution in [3.63, 3.8) is 0 Å². The number of rotatable bonds is 6. The first kappa shape index (κ1) is 17.4. The average Bonchev–Trinajstić information content (AvgIpc) is 3.15. The third-order valence-corrected chi connectivity index (χ3v) is 4.86. The second kappa shape index (κ2) is 7.23. The number of para-hydroxylation sites is 1. The quantitative estimate of drug-likeness (QED) is 0.684. The molecule has 3 rings (SSSR count). The monoisotopic (exact) mass is 344 g/mol. The Labute approximate surface area is 147 Å². The molecule has 0 bridgehead atoms. The predicted octanol–water partition coefficient (Wildman–Crippen LogP) is 1.60. The highest BCUT2D eigenvalue weighted by atomic mass is 16.2. The van der Waals surface area contributed by atoms with Gasteiger partial charge in [0.2, 0.25) is 5.91 Å². The molecule has 1 saturated carbocycles. The van der Waals surface area contributed by atoms with Crippen LogP contribution in [-0.4, -0.2) is 41.4 Å². The SMILES string of the molecule is CCNCc1ccccc1NC(=O)CN1C(=O)NC2(CCCC2)C1=O. The van der Waals surface area contributed by atoms with Crippen molar-refractivity contribution in [2.24, 2.45) is 0 Å². The molecule has 0 atom stereocenters. The summed E-state index contributed by atoms with van der Waals surface area (Å²) in [5.74, 6) is -0.645. The van der Waals surface area contributed by atoms with Crippen molar-refractivity contribution in [3.05, 3.63) is 29.8 Å². The lowest BCUT2D eigenvalue weighted by molar-refractivity contribution is -0.133. The standard InChI is InChI=1S/C18H24N4O3/c1-2-19-11-13-7-3-4-8-14(13)20-15(23)12-22-16(24)18(21-17(22)25)9-5-6-10-18/h3-4,7-8,19H,2,5-6,9-12H2,1H3,(H,20,23)(H,21,25). The molecule has 4 amide bonds. The zero-order chi connectivity index (χ0) is 17.9. The molecule has 1 saturated heterocycles. The van der Waals surface area contributed by atoms with Gasteiger partial charge >= 0.3 is 6.03 Å². The number of nitrogens with one attached hydrogen (secondary N) is 3. The van der Waals surface area contributed by atoms with E-state index in [1.54, 1.807) is 0 Å². The number of hydrogen-bond acceptors (Lipinski definition) is 4. The highest BCUT2D eigenvalue weighted by Gasteiger charge is 2.52. The molecule has 7 nitrogen and oxygen atoms in total. The minimum Gasteiger partial charge on any atom is -0.324 e. The molecule has 0 aromatic heterocycles. The van der Waals surface area contributed by atoms with Crippen LogP contribution in [0.1, 0.15) is 38.2 Å². The largest absolute Gasteiger partial charge is 0.325 e. The molecule has 1 aromatic carbocycles. The number of anilines is 1. The van der Waals surface area contributed by atoms with Gasteiger partial charge in [-0.2, -0.15) is 0 Å². The van der Waals surface area contributed by atoms with Crippen LogP contribution in [0, 0.1) is 0 Å². The predicted molar refractivity (Wildman–Crippen MR) is 93.9 cm³/mol. The van der Waals surface area contributed by atoms with E-state index in [2.05, 4.69) is 16.0 Å². The molecule has 25 heavy (non-hydrogen) atoms. The maximum atomic E-state index is 12.6. The summed E-state index contributed by atoms with van der Waals surface area (Å²) >= 11 is 0. The van der Waals surface area contributed by atoms with Gasteiger partial charge in [-0.3, -0.25) is 14.5 Å². The van der Waals surface area contributed by atoms with E-state index in [-0.39, 0.29) is 18.4 Å². The van der Waals surface area contributed by atoms with Gasteiger partial charge in [0.15, 0.2) is 0 Å². The number of carbonyl (C=O) groups excluding carboxylic acids is 3. The topological polar surface area (TPSA) is 90.5 Å². The first-order chi connectivity index (χ1) is 12.1. The molecule has 1 aliphatic carbocycles. The Morgan fingerprint density at radius 1 is 1.24 bits per heavy atom. The van der Waals surface area contributed by atoms with Crippen LogP contribution in [0.15, 0.2) is 24.3 Å². The Hall–Kier alpha value is -2.41. The first-order valence-corrected chi connectivity index (χ1v) is 8.78. The Morgan fingerprint density at radius 3 is 2.68 bits per heavy atom.